The van der Waals surface area contributed by atoms with Gasteiger partial charge < -0.3 is 10.1 Å². The Bertz CT molecular complexity index is 1110. The number of nitrogens with zero attached hydrogens (tertiary/aromatic N) is 1. The number of carbonyl (C=O) groups is 1. The molecule has 33 heavy (non-hydrogen) atoms. The van der Waals surface area contributed by atoms with Crippen LogP contribution in [0, 0.1) is 11.7 Å². The number of rotatable bonds is 6. The van der Waals surface area contributed by atoms with Crippen molar-refractivity contribution in [3.05, 3.63) is 58.9 Å². The van der Waals surface area contributed by atoms with Crippen LogP contribution in [-0.2, 0) is 21.4 Å². The Hall–Kier alpha value is -2.37. The maximum absolute atomic E-state index is 14.7. The fraction of sp³-hybridized carbons (Fsp3) is 0.381. The van der Waals surface area contributed by atoms with Gasteiger partial charge in [-0.1, -0.05) is 17.7 Å². The lowest BCUT2D eigenvalue weighted by Crippen LogP contribution is -2.49. The smallest absolute Gasteiger partial charge is 0.391 e. The number of ether oxygens (including phenoxy) is 1. The van der Waals surface area contributed by atoms with Crippen molar-refractivity contribution in [2.75, 3.05) is 13.7 Å². The van der Waals surface area contributed by atoms with E-state index in [1.807, 2.05) is 0 Å². The number of halogens is 5. The van der Waals surface area contributed by atoms with Crippen LogP contribution in [0.5, 0.6) is 5.75 Å². The molecule has 1 aliphatic rings. The lowest BCUT2D eigenvalue weighted by atomic mass is 9.97. The molecule has 1 aliphatic heterocycles. The quantitative estimate of drug-likeness (QED) is 0.595. The Morgan fingerprint density at radius 2 is 1.85 bits per heavy atom. The summed E-state index contributed by atoms with van der Waals surface area (Å²) in [5.74, 6) is -3.45. The number of hydrogen-bond acceptors (Lipinski definition) is 4. The molecule has 2 unspecified atom stereocenters. The number of nitrogens with one attached hydrogen (secondary N) is 1. The molecule has 12 heteroatoms. The third kappa shape index (κ3) is 5.77. The third-order valence-electron chi connectivity index (χ3n) is 5.42. The maximum atomic E-state index is 14.7. The Kier molecular flexibility index (Phi) is 7.55. The van der Waals surface area contributed by atoms with Gasteiger partial charge in [-0.3, -0.25) is 4.79 Å². The number of hydrogen-bond donors (Lipinski definition) is 1. The standard InChI is InChI=1S/C21H21ClF4N2O4S/c1-32-16-5-2-13(18(23)11-16)12-28(33(30,31)17-6-3-15(22)4-7-17)19-10-14(21(24,25)26)8-9-27-20(19)29/h2-7,11,14,19H,8-10,12H2,1H3,(H,27,29). The van der Waals surface area contributed by atoms with E-state index < -0.39 is 59.3 Å². The van der Waals surface area contributed by atoms with E-state index in [0.29, 0.717) is 4.31 Å². The first-order valence-corrected chi connectivity index (χ1v) is 11.7. The molecule has 0 aliphatic carbocycles. The first-order chi connectivity index (χ1) is 15.4. The molecule has 0 saturated carbocycles. The van der Waals surface area contributed by atoms with Gasteiger partial charge in [-0.2, -0.15) is 17.5 Å². The van der Waals surface area contributed by atoms with E-state index in [1.54, 1.807) is 0 Å². The van der Waals surface area contributed by atoms with E-state index in [0.717, 1.165) is 6.07 Å². The van der Waals surface area contributed by atoms with Crippen molar-refractivity contribution in [3.8, 4) is 5.75 Å². The molecule has 1 heterocycles. The van der Waals surface area contributed by atoms with Crippen LogP contribution >= 0.6 is 11.6 Å². The molecular weight excluding hydrogens is 488 g/mol. The summed E-state index contributed by atoms with van der Waals surface area (Å²) in [7, 11) is -3.20. The number of amides is 1. The SMILES string of the molecule is COc1ccc(CN(C2CC(C(F)(F)F)CCNC2=O)S(=O)(=O)c2ccc(Cl)cc2)c(F)c1. The van der Waals surface area contributed by atoms with Gasteiger partial charge in [0.15, 0.2) is 0 Å². The van der Waals surface area contributed by atoms with Crippen LogP contribution in [0.1, 0.15) is 18.4 Å². The number of carbonyl (C=O) groups excluding carboxylic acids is 1. The van der Waals surface area contributed by atoms with Gasteiger partial charge in [-0.25, -0.2) is 12.8 Å². The van der Waals surface area contributed by atoms with Crippen molar-refractivity contribution in [1.82, 2.24) is 9.62 Å². The van der Waals surface area contributed by atoms with Gasteiger partial charge in [0.25, 0.3) is 0 Å². The van der Waals surface area contributed by atoms with Gasteiger partial charge in [0.2, 0.25) is 15.9 Å². The summed E-state index contributed by atoms with van der Waals surface area (Å²) >= 11 is 5.82. The van der Waals surface area contributed by atoms with Crippen molar-refractivity contribution in [1.29, 1.82) is 0 Å². The summed E-state index contributed by atoms with van der Waals surface area (Å²) in [6.45, 7) is -0.922. The monoisotopic (exact) mass is 508 g/mol. The first kappa shape index (κ1) is 25.3. The Balaban J connectivity index is 2.09. The molecule has 0 bridgehead atoms. The molecule has 2 aromatic rings. The number of alkyl halides is 3. The molecule has 0 radical (unpaired) electrons. The van der Waals surface area contributed by atoms with Gasteiger partial charge in [-0.15, -0.1) is 0 Å². The van der Waals surface area contributed by atoms with Crippen molar-refractivity contribution < 1.29 is 35.5 Å². The Morgan fingerprint density at radius 3 is 2.42 bits per heavy atom. The van der Waals surface area contributed by atoms with Crippen LogP contribution in [0.2, 0.25) is 5.02 Å². The van der Waals surface area contributed by atoms with Crippen LogP contribution < -0.4 is 10.1 Å². The van der Waals surface area contributed by atoms with E-state index in [4.69, 9.17) is 16.3 Å². The minimum absolute atomic E-state index is 0.131. The number of sulfonamides is 1. The molecule has 2 atom stereocenters. The molecule has 0 spiro atoms. The Labute approximate surface area is 193 Å². The number of methoxy groups -OCH3 is 1. The predicted molar refractivity (Wildman–Crippen MR) is 113 cm³/mol. The zero-order chi connectivity index (χ0) is 24.4. The molecule has 1 fully saturated rings. The highest BCUT2D eigenvalue weighted by Crippen LogP contribution is 2.36. The topological polar surface area (TPSA) is 75.7 Å². The summed E-state index contributed by atoms with van der Waals surface area (Å²) in [5, 5.41) is 2.59. The van der Waals surface area contributed by atoms with Gasteiger partial charge in [-0.05, 0) is 43.2 Å². The molecule has 1 amide bonds. The Morgan fingerprint density at radius 1 is 1.18 bits per heavy atom. The maximum Gasteiger partial charge on any atom is 0.391 e. The largest absolute Gasteiger partial charge is 0.497 e. The normalized spacial score (nSPS) is 19.8. The highest BCUT2D eigenvalue weighted by molar-refractivity contribution is 7.89. The average molecular weight is 509 g/mol. The van der Waals surface area contributed by atoms with Crippen LogP contribution in [0.4, 0.5) is 17.6 Å². The zero-order valence-electron chi connectivity index (χ0n) is 17.4. The van der Waals surface area contributed by atoms with Crippen LogP contribution in [0.25, 0.3) is 0 Å². The highest BCUT2D eigenvalue weighted by atomic mass is 35.5. The summed E-state index contributed by atoms with van der Waals surface area (Å²) in [6.07, 6.45) is -5.82. The molecule has 1 N–H and O–H groups in total. The lowest BCUT2D eigenvalue weighted by Gasteiger charge is -2.31. The molecular formula is C21H21ClF4N2O4S. The van der Waals surface area contributed by atoms with E-state index in [1.165, 1.54) is 43.5 Å². The predicted octanol–water partition coefficient (Wildman–Crippen LogP) is 4.14. The highest BCUT2D eigenvalue weighted by Gasteiger charge is 2.47. The zero-order valence-corrected chi connectivity index (χ0v) is 19.0. The van der Waals surface area contributed by atoms with Crippen molar-refractivity contribution >= 4 is 27.5 Å². The molecule has 0 aromatic heterocycles. The van der Waals surface area contributed by atoms with Gasteiger partial charge in [0.1, 0.15) is 17.6 Å². The van der Waals surface area contributed by atoms with Crippen molar-refractivity contribution in [3.63, 3.8) is 0 Å². The van der Waals surface area contributed by atoms with Crippen molar-refractivity contribution in [2.45, 2.75) is 36.5 Å². The second-order valence-corrected chi connectivity index (χ2v) is 9.86. The summed E-state index contributed by atoms with van der Waals surface area (Å²) in [4.78, 5) is 12.4. The molecule has 6 nitrogen and oxygen atoms in total. The van der Waals surface area contributed by atoms with Gasteiger partial charge in [0, 0.05) is 29.7 Å². The molecule has 2 aromatic carbocycles. The number of benzene rings is 2. The van der Waals surface area contributed by atoms with E-state index >= 15 is 0 Å². The van der Waals surface area contributed by atoms with Crippen LogP contribution in [0.15, 0.2) is 47.4 Å². The second-order valence-electron chi connectivity index (χ2n) is 7.53. The van der Waals surface area contributed by atoms with Crippen LogP contribution in [0.3, 0.4) is 0 Å². The fourth-order valence-corrected chi connectivity index (χ4v) is 5.29. The first-order valence-electron chi connectivity index (χ1n) is 9.87. The average Bonchev–Trinajstić information content (AvgIpc) is 2.94. The molecule has 1 saturated heterocycles. The van der Waals surface area contributed by atoms with Crippen molar-refractivity contribution in [2.24, 2.45) is 5.92 Å². The van der Waals surface area contributed by atoms with E-state index in [9.17, 15) is 30.8 Å². The van der Waals surface area contributed by atoms with Crippen LogP contribution in [-0.4, -0.2) is 44.5 Å². The minimum atomic E-state index is -4.63. The van der Waals surface area contributed by atoms with Gasteiger partial charge >= 0.3 is 6.18 Å². The summed E-state index contributed by atoms with van der Waals surface area (Å²) in [6, 6.07) is 6.90. The minimum Gasteiger partial charge on any atom is -0.497 e. The fourth-order valence-electron chi connectivity index (χ4n) is 3.58. The lowest BCUT2D eigenvalue weighted by molar-refractivity contribution is -0.179. The van der Waals surface area contributed by atoms with E-state index in [-0.39, 0.29) is 27.8 Å². The molecule has 180 valence electrons. The van der Waals surface area contributed by atoms with Gasteiger partial charge in [0.05, 0.1) is 17.9 Å². The summed E-state index contributed by atoms with van der Waals surface area (Å²) in [5.41, 5.74) is -0.131. The summed E-state index contributed by atoms with van der Waals surface area (Å²) < 4.78 is 87.7. The second kappa shape index (κ2) is 9.86. The van der Waals surface area contributed by atoms with E-state index in [2.05, 4.69) is 5.32 Å². The third-order valence-corrected chi connectivity index (χ3v) is 7.54. The molecule has 3 rings (SSSR count).